The summed E-state index contributed by atoms with van der Waals surface area (Å²) in [6.07, 6.45) is 0. The second-order valence-electron chi connectivity index (χ2n) is 6.41. The Morgan fingerprint density at radius 1 is 1.17 bits per heavy atom. The Morgan fingerprint density at radius 2 is 1.93 bits per heavy atom. The lowest BCUT2D eigenvalue weighted by Gasteiger charge is -2.09. The van der Waals surface area contributed by atoms with Gasteiger partial charge in [-0.2, -0.15) is 0 Å². The SMILES string of the molecule is Cc1[nH]c2ccccc2c1-c1csc(NC(=O)c2ccccc2OCC(N)=O)n1. The molecular formula is C21H18N4O3S. The molecule has 0 saturated carbocycles. The fourth-order valence-electron chi connectivity index (χ4n) is 3.15. The van der Waals surface area contributed by atoms with Crippen molar-refractivity contribution >= 4 is 39.2 Å². The smallest absolute Gasteiger partial charge is 0.261 e. The number of carbonyl (C=O) groups excluding carboxylic acids is 2. The Balaban J connectivity index is 1.58. The molecule has 2 heterocycles. The van der Waals surface area contributed by atoms with Crippen LogP contribution >= 0.6 is 11.3 Å². The van der Waals surface area contributed by atoms with Crippen LogP contribution in [0.2, 0.25) is 0 Å². The number of nitrogens with zero attached hydrogens (tertiary/aromatic N) is 1. The number of hydrogen-bond donors (Lipinski definition) is 3. The number of aryl methyl sites for hydroxylation is 1. The third kappa shape index (κ3) is 3.83. The number of amides is 2. The molecule has 0 bridgehead atoms. The maximum atomic E-state index is 12.7. The Kier molecular flexibility index (Phi) is 5.01. The zero-order valence-corrected chi connectivity index (χ0v) is 16.4. The van der Waals surface area contributed by atoms with Crippen molar-refractivity contribution in [3.63, 3.8) is 0 Å². The minimum atomic E-state index is -0.612. The van der Waals surface area contributed by atoms with Crippen molar-refractivity contribution in [2.24, 2.45) is 5.73 Å². The zero-order valence-electron chi connectivity index (χ0n) is 15.6. The Bertz CT molecular complexity index is 1210. The summed E-state index contributed by atoms with van der Waals surface area (Å²) in [4.78, 5) is 31.6. The van der Waals surface area contributed by atoms with E-state index in [-0.39, 0.29) is 18.3 Å². The van der Waals surface area contributed by atoms with Crippen molar-refractivity contribution in [3.8, 4) is 17.0 Å². The van der Waals surface area contributed by atoms with Gasteiger partial charge in [-0.1, -0.05) is 30.3 Å². The van der Waals surface area contributed by atoms with Crippen LogP contribution in [-0.2, 0) is 4.79 Å². The Morgan fingerprint density at radius 3 is 2.76 bits per heavy atom. The quantitative estimate of drug-likeness (QED) is 0.453. The summed E-state index contributed by atoms with van der Waals surface area (Å²) in [6, 6.07) is 14.7. The van der Waals surface area contributed by atoms with Gasteiger partial charge in [-0.25, -0.2) is 4.98 Å². The topological polar surface area (TPSA) is 110 Å². The number of aromatic nitrogens is 2. The number of ether oxygens (including phenoxy) is 1. The Hall–Kier alpha value is -3.65. The van der Waals surface area contributed by atoms with Crippen LogP contribution in [0.4, 0.5) is 5.13 Å². The van der Waals surface area contributed by atoms with Crippen LogP contribution in [0.3, 0.4) is 0 Å². The Labute approximate surface area is 170 Å². The molecule has 0 radical (unpaired) electrons. The first-order valence-corrected chi connectivity index (χ1v) is 9.75. The van der Waals surface area contributed by atoms with E-state index in [9.17, 15) is 9.59 Å². The summed E-state index contributed by atoms with van der Waals surface area (Å²) in [5, 5.41) is 6.26. The number of H-pyrrole nitrogens is 1. The minimum absolute atomic E-state index is 0.285. The lowest BCUT2D eigenvalue weighted by molar-refractivity contribution is -0.119. The van der Waals surface area contributed by atoms with Gasteiger partial charge in [-0.05, 0) is 25.1 Å². The molecule has 29 heavy (non-hydrogen) atoms. The highest BCUT2D eigenvalue weighted by Crippen LogP contribution is 2.34. The molecule has 0 aliphatic heterocycles. The fraction of sp³-hybridized carbons (Fsp3) is 0.0952. The summed E-state index contributed by atoms with van der Waals surface area (Å²) in [5.41, 5.74) is 9.28. The van der Waals surface area contributed by atoms with Gasteiger partial charge < -0.3 is 15.5 Å². The fourth-order valence-corrected chi connectivity index (χ4v) is 3.84. The monoisotopic (exact) mass is 406 g/mol. The van der Waals surface area contributed by atoms with Gasteiger partial charge in [0.1, 0.15) is 5.75 Å². The number of benzene rings is 2. The van der Waals surface area contributed by atoms with Gasteiger partial charge in [-0.3, -0.25) is 14.9 Å². The number of aromatic amines is 1. The molecule has 0 saturated heterocycles. The summed E-state index contributed by atoms with van der Waals surface area (Å²) >= 11 is 1.34. The van der Waals surface area contributed by atoms with Crippen LogP contribution in [0.15, 0.2) is 53.9 Å². The molecule has 0 aliphatic carbocycles. The number of thiazole rings is 1. The number of primary amides is 1. The number of nitrogens with one attached hydrogen (secondary N) is 2. The van der Waals surface area contributed by atoms with Crippen LogP contribution < -0.4 is 15.8 Å². The molecule has 4 aromatic rings. The molecule has 2 aromatic heterocycles. The van der Waals surface area contributed by atoms with Crippen LogP contribution in [0.25, 0.3) is 22.2 Å². The highest BCUT2D eigenvalue weighted by molar-refractivity contribution is 7.14. The van der Waals surface area contributed by atoms with E-state index in [0.717, 1.165) is 27.9 Å². The van der Waals surface area contributed by atoms with Gasteiger partial charge >= 0.3 is 0 Å². The number of fused-ring (bicyclic) bond motifs is 1. The molecule has 8 heteroatoms. The van der Waals surface area contributed by atoms with Crippen LogP contribution in [0.5, 0.6) is 5.75 Å². The number of hydrogen-bond acceptors (Lipinski definition) is 5. The van der Waals surface area contributed by atoms with Crippen molar-refractivity contribution in [3.05, 3.63) is 65.2 Å². The number of carbonyl (C=O) groups is 2. The third-order valence-electron chi connectivity index (χ3n) is 4.38. The van der Waals surface area contributed by atoms with Gasteiger partial charge in [0, 0.05) is 27.5 Å². The van der Waals surface area contributed by atoms with Gasteiger partial charge in [0.2, 0.25) is 0 Å². The van der Waals surface area contributed by atoms with E-state index in [1.54, 1.807) is 24.3 Å². The zero-order chi connectivity index (χ0) is 20.4. The largest absolute Gasteiger partial charge is 0.483 e. The van der Waals surface area contributed by atoms with Crippen molar-refractivity contribution < 1.29 is 14.3 Å². The summed E-state index contributed by atoms with van der Waals surface area (Å²) in [7, 11) is 0. The lowest BCUT2D eigenvalue weighted by Crippen LogP contribution is -2.21. The summed E-state index contributed by atoms with van der Waals surface area (Å²) < 4.78 is 5.33. The van der Waals surface area contributed by atoms with E-state index in [2.05, 4.69) is 15.3 Å². The number of rotatable bonds is 6. The molecule has 0 aliphatic rings. The first-order valence-electron chi connectivity index (χ1n) is 8.87. The minimum Gasteiger partial charge on any atom is -0.483 e. The van der Waals surface area contributed by atoms with E-state index >= 15 is 0 Å². The summed E-state index contributed by atoms with van der Waals surface area (Å²) in [5.74, 6) is -0.700. The van der Waals surface area contributed by atoms with E-state index in [0.29, 0.717) is 10.7 Å². The van der Waals surface area contributed by atoms with Gasteiger partial charge in [0.25, 0.3) is 11.8 Å². The molecular weight excluding hydrogens is 388 g/mol. The molecule has 2 amide bonds. The second kappa shape index (κ2) is 7.76. The van der Waals surface area contributed by atoms with Gasteiger partial charge in [0.05, 0.1) is 11.3 Å². The predicted molar refractivity (Wildman–Crippen MR) is 113 cm³/mol. The van der Waals surface area contributed by atoms with Crippen LogP contribution in [0.1, 0.15) is 16.1 Å². The van der Waals surface area contributed by atoms with Crippen molar-refractivity contribution in [2.45, 2.75) is 6.92 Å². The van der Waals surface area contributed by atoms with Crippen molar-refractivity contribution in [1.29, 1.82) is 0 Å². The highest BCUT2D eigenvalue weighted by atomic mass is 32.1. The first kappa shape index (κ1) is 18.7. The molecule has 0 fully saturated rings. The average molecular weight is 406 g/mol. The van der Waals surface area contributed by atoms with E-state index in [4.69, 9.17) is 10.5 Å². The molecule has 7 nitrogen and oxygen atoms in total. The lowest BCUT2D eigenvalue weighted by atomic mass is 10.1. The van der Waals surface area contributed by atoms with E-state index in [1.807, 2.05) is 36.6 Å². The highest BCUT2D eigenvalue weighted by Gasteiger charge is 2.17. The third-order valence-corrected chi connectivity index (χ3v) is 5.13. The van der Waals surface area contributed by atoms with Gasteiger partial charge in [-0.15, -0.1) is 11.3 Å². The standard InChI is InChI=1S/C21H18N4O3S/c1-12-19(13-6-2-4-8-15(13)23-12)16-11-29-21(24-16)25-20(27)14-7-3-5-9-17(14)28-10-18(22)26/h2-9,11,23H,10H2,1H3,(H2,22,26)(H,24,25,27). The molecule has 2 aromatic carbocycles. The molecule has 4 N–H and O–H groups in total. The molecule has 4 rings (SSSR count). The van der Waals surface area contributed by atoms with Crippen LogP contribution in [0, 0.1) is 6.92 Å². The number of anilines is 1. The second-order valence-corrected chi connectivity index (χ2v) is 7.27. The number of nitrogens with two attached hydrogens (primary N) is 1. The first-order chi connectivity index (χ1) is 14.0. The maximum absolute atomic E-state index is 12.7. The predicted octanol–water partition coefficient (Wildman–Crippen LogP) is 3.72. The molecule has 146 valence electrons. The van der Waals surface area contributed by atoms with Crippen molar-refractivity contribution in [2.75, 3.05) is 11.9 Å². The van der Waals surface area contributed by atoms with E-state index in [1.165, 1.54) is 11.3 Å². The average Bonchev–Trinajstić information content (AvgIpc) is 3.29. The van der Waals surface area contributed by atoms with Gasteiger partial charge in [0.15, 0.2) is 11.7 Å². The van der Waals surface area contributed by atoms with Crippen molar-refractivity contribution in [1.82, 2.24) is 9.97 Å². The van der Waals surface area contributed by atoms with E-state index < -0.39 is 5.91 Å². The normalized spacial score (nSPS) is 10.8. The molecule has 0 atom stereocenters. The molecule has 0 unspecified atom stereocenters. The summed E-state index contributed by atoms with van der Waals surface area (Å²) in [6.45, 7) is 1.70. The number of para-hydroxylation sites is 2. The maximum Gasteiger partial charge on any atom is 0.261 e. The van der Waals surface area contributed by atoms with Crippen LogP contribution in [-0.4, -0.2) is 28.4 Å². The molecule has 0 spiro atoms.